The minimum Gasteiger partial charge on any atom is -0.496 e. The zero-order chi connectivity index (χ0) is 20.5. The van der Waals surface area contributed by atoms with E-state index in [1.54, 1.807) is 48.5 Å². The van der Waals surface area contributed by atoms with E-state index in [4.69, 9.17) is 21.7 Å². The van der Waals surface area contributed by atoms with Crippen molar-refractivity contribution in [1.29, 1.82) is 0 Å². The van der Waals surface area contributed by atoms with E-state index < -0.39 is 5.91 Å². The Kier molecular flexibility index (Phi) is 7.53. The standard InChI is InChI=1S/C20H21N3O4S/c1-14(24)22-23(15-8-5-4-6-9-15)20(28)21-19(25)13-12-16-17(26-2)10-7-11-18(16)27-3/h4-13H,1-3H3,(H,22,24)(H,21,25,28). The van der Waals surface area contributed by atoms with Crippen molar-refractivity contribution >= 4 is 40.9 Å². The van der Waals surface area contributed by atoms with E-state index in [0.29, 0.717) is 22.7 Å². The van der Waals surface area contributed by atoms with Crippen LogP contribution in [0, 0.1) is 0 Å². The Bertz CT molecular complexity index is 862. The van der Waals surface area contributed by atoms with Crippen molar-refractivity contribution in [3.8, 4) is 11.5 Å². The summed E-state index contributed by atoms with van der Waals surface area (Å²) in [5.41, 5.74) is 3.82. The third kappa shape index (κ3) is 5.55. The molecular formula is C20H21N3O4S. The summed E-state index contributed by atoms with van der Waals surface area (Å²) >= 11 is 5.28. The van der Waals surface area contributed by atoms with Gasteiger partial charge in [-0.2, -0.15) is 0 Å². The normalized spacial score (nSPS) is 10.2. The van der Waals surface area contributed by atoms with Gasteiger partial charge < -0.3 is 9.47 Å². The number of carbonyl (C=O) groups excluding carboxylic acids is 2. The van der Waals surface area contributed by atoms with Gasteiger partial charge in [0.2, 0.25) is 11.8 Å². The summed E-state index contributed by atoms with van der Waals surface area (Å²) in [7, 11) is 3.07. The highest BCUT2D eigenvalue weighted by Gasteiger charge is 2.15. The number of amides is 2. The van der Waals surface area contributed by atoms with Gasteiger partial charge >= 0.3 is 0 Å². The van der Waals surface area contributed by atoms with Crippen molar-refractivity contribution in [2.75, 3.05) is 19.2 Å². The first-order chi connectivity index (χ1) is 13.5. The molecule has 0 radical (unpaired) electrons. The molecule has 0 aromatic heterocycles. The van der Waals surface area contributed by atoms with E-state index in [-0.39, 0.29) is 11.0 Å². The molecular weight excluding hydrogens is 378 g/mol. The molecule has 0 aliphatic carbocycles. The summed E-state index contributed by atoms with van der Waals surface area (Å²) in [6, 6.07) is 14.2. The molecule has 0 atom stereocenters. The van der Waals surface area contributed by atoms with Crippen molar-refractivity contribution in [3.05, 3.63) is 60.2 Å². The fourth-order valence-electron chi connectivity index (χ4n) is 2.37. The fourth-order valence-corrected chi connectivity index (χ4v) is 2.62. The minimum absolute atomic E-state index is 0.0306. The van der Waals surface area contributed by atoms with Crippen molar-refractivity contribution < 1.29 is 19.1 Å². The van der Waals surface area contributed by atoms with Gasteiger partial charge in [-0.25, -0.2) is 5.01 Å². The Morgan fingerprint density at radius 1 is 1.00 bits per heavy atom. The summed E-state index contributed by atoms with van der Waals surface area (Å²) in [6.07, 6.45) is 2.88. The molecule has 2 N–H and O–H groups in total. The van der Waals surface area contributed by atoms with Gasteiger partial charge in [-0.1, -0.05) is 24.3 Å². The lowest BCUT2D eigenvalue weighted by molar-refractivity contribution is -0.119. The molecule has 0 heterocycles. The van der Waals surface area contributed by atoms with Gasteiger partial charge in [-0.3, -0.25) is 20.3 Å². The zero-order valence-corrected chi connectivity index (χ0v) is 16.6. The summed E-state index contributed by atoms with van der Waals surface area (Å²) in [5, 5.41) is 3.92. The largest absolute Gasteiger partial charge is 0.496 e. The smallest absolute Gasteiger partial charge is 0.250 e. The summed E-state index contributed by atoms with van der Waals surface area (Å²) in [5.74, 6) is 0.337. The van der Waals surface area contributed by atoms with Crippen LogP contribution < -0.4 is 25.2 Å². The molecule has 2 rings (SSSR count). The van der Waals surface area contributed by atoms with Crippen molar-refractivity contribution in [3.63, 3.8) is 0 Å². The van der Waals surface area contributed by atoms with Crippen molar-refractivity contribution in [2.24, 2.45) is 0 Å². The molecule has 0 bridgehead atoms. The minimum atomic E-state index is -0.468. The predicted octanol–water partition coefficient (Wildman–Crippen LogP) is 2.68. The molecule has 28 heavy (non-hydrogen) atoms. The second kappa shape index (κ2) is 10.1. The molecule has 2 aromatic carbocycles. The lowest BCUT2D eigenvalue weighted by Gasteiger charge is -2.24. The molecule has 0 saturated heterocycles. The number of hydrogen-bond acceptors (Lipinski definition) is 5. The Labute approximate surface area is 168 Å². The van der Waals surface area contributed by atoms with Crippen LogP contribution in [0.4, 0.5) is 5.69 Å². The molecule has 0 spiro atoms. The molecule has 0 aliphatic heterocycles. The zero-order valence-electron chi connectivity index (χ0n) is 15.8. The number of hydrazine groups is 1. The molecule has 2 amide bonds. The monoisotopic (exact) mass is 399 g/mol. The maximum atomic E-state index is 12.3. The third-order valence-corrected chi connectivity index (χ3v) is 3.87. The van der Waals surface area contributed by atoms with Gasteiger partial charge in [-0.15, -0.1) is 0 Å². The van der Waals surface area contributed by atoms with Crippen LogP contribution in [-0.4, -0.2) is 31.1 Å². The summed E-state index contributed by atoms with van der Waals surface area (Å²) < 4.78 is 10.6. The lowest BCUT2D eigenvalue weighted by Crippen LogP contribution is -2.51. The van der Waals surface area contributed by atoms with Gasteiger partial charge in [0.1, 0.15) is 11.5 Å². The fraction of sp³-hybridized carbons (Fsp3) is 0.150. The number of hydrogen-bond donors (Lipinski definition) is 2. The number of anilines is 1. The van der Waals surface area contributed by atoms with E-state index in [9.17, 15) is 9.59 Å². The second-order valence-electron chi connectivity index (χ2n) is 5.54. The van der Waals surface area contributed by atoms with E-state index in [1.165, 1.54) is 32.2 Å². The number of nitrogens with one attached hydrogen (secondary N) is 2. The maximum Gasteiger partial charge on any atom is 0.250 e. The van der Waals surface area contributed by atoms with Crippen LogP contribution in [0.2, 0.25) is 0 Å². The maximum absolute atomic E-state index is 12.3. The van der Waals surface area contributed by atoms with Gasteiger partial charge in [0.15, 0.2) is 5.11 Å². The molecule has 146 valence electrons. The van der Waals surface area contributed by atoms with Crippen LogP contribution in [0.15, 0.2) is 54.6 Å². The van der Waals surface area contributed by atoms with E-state index in [2.05, 4.69) is 10.7 Å². The number of rotatable bonds is 5. The molecule has 0 saturated carbocycles. The van der Waals surface area contributed by atoms with Crippen molar-refractivity contribution in [1.82, 2.24) is 10.7 Å². The third-order valence-electron chi connectivity index (χ3n) is 3.58. The average Bonchev–Trinajstić information content (AvgIpc) is 2.70. The number of methoxy groups -OCH3 is 2. The van der Waals surface area contributed by atoms with E-state index in [0.717, 1.165) is 0 Å². The first-order valence-corrected chi connectivity index (χ1v) is 8.73. The molecule has 0 fully saturated rings. The quantitative estimate of drug-likeness (QED) is 0.457. The van der Waals surface area contributed by atoms with Crippen LogP contribution in [0.1, 0.15) is 12.5 Å². The Hall–Kier alpha value is -3.39. The van der Waals surface area contributed by atoms with Crippen LogP contribution in [0.25, 0.3) is 6.08 Å². The lowest BCUT2D eigenvalue weighted by atomic mass is 10.1. The number of benzene rings is 2. The molecule has 0 unspecified atom stereocenters. The Morgan fingerprint density at radius 2 is 1.61 bits per heavy atom. The number of nitrogens with zero attached hydrogens (tertiary/aromatic N) is 1. The van der Waals surface area contributed by atoms with Crippen LogP contribution in [0.3, 0.4) is 0 Å². The first kappa shape index (κ1) is 20.9. The van der Waals surface area contributed by atoms with Gasteiger partial charge in [-0.05, 0) is 42.6 Å². The Morgan fingerprint density at radius 3 is 2.14 bits per heavy atom. The second-order valence-corrected chi connectivity index (χ2v) is 5.93. The number of thiocarbonyl (C=S) groups is 1. The summed E-state index contributed by atoms with van der Waals surface area (Å²) in [6.45, 7) is 1.36. The molecule has 0 aliphatic rings. The van der Waals surface area contributed by atoms with E-state index in [1.807, 2.05) is 6.07 Å². The topological polar surface area (TPSA) is 79.9 Å². The number of carbonyl (C=O) groups is 2. The number of ether oxygens (including phenoxy) is 2. The number of para-hydroxylation sites is 1. The van der Waals surface area contributed by atoms with Gasteiger partial charge in [0.25, 0.3) is 0 Å². The predicted molar refractivity (Wildman–Crippen MR) is 112 cm³/mol. The highest BCUT2D eigenvalue weighted by Crippen LogP contribution is 2.29. The van der Waals surface area contributed by atoms with E-state index >= 15 is 0 Å². The van der Waals surface area contributed by atoms with Crippen LogP contribution in [0.5, 0.6) is 11.5 Å². The highest BCUT2D eigenvalue weighted by atomic mass is 32.1. The SMILES string of the molecule is COc1cccc(OC)c1C=CC(=O)NC(=S)N(NC(C)=O)c1ccccc1. The molecule has 8 heteroatoms. The molecule has 2 aromatic rings. The van der Waals surface area contributed by atoms with Crippen LogP contribution >= 0.6 is 12.2 Å². The van der Waals surface area contributed by atoms with Crippen molar-refractivity contribution in [2.45, 2.75) is 6.92 Å². The molecule has 7 nitrogen and oxygen atoms in total. The first-order valence-electron chi connectivity index (χ1n) is 8.32. The van der Waals surface area contributed by atoms with Crippen LogP contribution in [-0.2, 0) is 9.59 Å². The Balaban J connectivity index is 2.16. The average molecular weight is 399 g/mol. The summed E-state index contributed by atoms with van der Waals surface area (Å²) in [4.78, 5) is 23.8. The highest BCUT2D eigenvalue weighted by molar-refractivity contribution is 7.80. The van der Waals surface area contributed by atoms with Gasteiger partial charge in [0, 0.05) is 13.0 Å². The van der Waals surface area contributed by atoms with Gasteiger partial charge in [0.05, 0.1) is 25.5 Å².